The number of alkyl halides is 1. The Kier molecular flexibility index (Phi) is 5.66. The lowest BCUT2D eigenvalue weighted by Crippen LogP contribution is -2.51. The van der Waals surface area contributed by atoms with E-state index in [4.69, 9.17) is 10.3 Å². The molecule has 2 fully saturated rings. The molecule has 0 radical (unpaired) electrons. The van der Waals surface area contributed by atoms with Crippen LogP contribution in [0, 0.1) is 5.82 Å². The molecule has 1 aromatic rings. The minimum Gasteiger partial charge on any atom is -0.358 e. The average Bonchev–Trinajstić information content (AvgIpc) is 3.01. The number of hydrogen-bond donors (Lipinski definition) is 0. The molecule has 28 heavy (non-hydrogen) atoms. The molecule has 2 aliphatic heterocycles. The van der Waals surface area contributed by atoms with Crippen molar-refractivity contribution in [3.63, 3.8) is 0 Å². The summed E-state index contributed by atoms with van der Waals surface area (Å²) in [6.45, 7) is 1.70. The predicted octanol–water partition coefficient (Wildman–Crippen LogP) is 1.83. The van der Waals surface area contributed by atoms with Gasteiger partial charge in [-0.3, -0.25) is 9.59 Å². The number of aldehydes is 1. The van der Waals surface area contributed by atoms with Crippen molar-refractivity contribution in [3.8, 4) is 0 Å². The second kappa shape index (κ2) is 7.99. The molecule has 150 valence electrons. The zero-order valence-corrected chi connectivity index (χ0v) is 15.3. The van der Waals surface area contributed by atoms with E-state index in [1.165, 1.54) is 28.9 Å². The molecule has 1 amide bonds. The Balaban J connectivity index is 1.80. The van der Waals surface area contributed by atoms with Crippen LogP contribution >= 0.6 is 0 Å². The van der Waals surface area contributed by atoms with Crippen molar-refractivity contribution in [2.75, 3.05) is 49.2 Å². The van der Waals surface area contributed by atoms with E-state index in [1.54, 1.807) is 11.0 Å². The molecule has 2 heterocycles. The first-order valence-corrected chi connectivity index (χ1v) is 8.76. The Morgan fingerprint density at radius 2 is 2.25 bits per heavy atom. The Morgan fingerprint density at radius 3 is 2.86 bits per heavy atom. The van der Waals surface area contributed by atoms with Gasteiger partial charge in [-0.2, -0.15) is 0 Å². The van der Waals surface area contributed by atoms with E-state index < -0.39 is 24.4 Å². The SMILES string of the molecule is CC1(C=O)O[C@@H](N=[N+]=[N-])CN1c1ccc(N2CCN(CCF)C(=O)C2)c(F)c1. The lowest BCUT2D eigenvalue weighted by molar-refractivity contribution is -0.131. The van der Waals surface area contributed by atoms with Crippen LogP contribution in [-0.4, -0.2) is 68.4 Å². The Labute approximate surface area is 160 Å². The van der Waals surface area contributed by atoms with Crippen LogP contribution in [-0.2, 0) is 14.3 Å². The fourth-order valence-corrected chi connectivity index (χ4v) is 3.46. The molecule has 2 atom stereocenters. The molecule has 11 heteroatoms. The standard InChI is InChI=1S/C17H20F2N6O3/c1-17(11-26)25(9-15(28-17)21-22-20)12-2-3-14(13(19)8-12)24-7-6-23(5-4-18)16(27)10-24/h2-3,8,11,15H,4-7,9-10H2,1H3/t15-,17?/m1/s1. The van der Waals surface area contributed by atoms with Gasteiger partial charge in [0.2, 0.25) is 5.91 Å². The number of piperazine rings is 1. The number of amides is 1. The van der Waals surface area contributed by atoms with Gasteiger partial charge in [0.15, 0.2) is 18.2 Å². The van der Waals surface area contributed by atoms with Gasteiger partial charge in [0.05, 0.1) is 18.8 Å². The van der Waals surface area contributed by atoms with Crippen LogP contribution < -0.4 is 9.80 Å². The van der Waals surface area contributed by atoms with Gasteiger partial charge < -0.3 is 19.4 Å². The minimum atomic E-state index is -1.39. The zero-order chi connectivity index (χ0) is 20.3. The molecule has 0 N–H and O–H groups in total. The molecule has 0 aromatic heterocycles. The quantitative estimate of drug-likeness (QED) is 0.317. The number of anilines is 2. The highest BCUT2D eigenvalue weighted by Gasteiger charge is 2.43. The number of rotatable bonds is 6. The van der Waals surface area contributed by atoms with E-state index in [0.717, 1.165) is 0 Å². The molecular formula is C17H20F2N6O3. The number of halogens is 2. The number of hydrogen-bond acceptors (Lipinski definition) is 6. The normalized spacial score (nSPS) is 25.0. The minimum absolute atomic E-state index is 0.0336. The third-order valence-corrected chi connectivity index (χ3v) is 4.91. The van der Waals surface area contributed by atoms with E-state index >= 15 is 0 Å². The molecule has 1 unspecified atom stereocenters. The van der Waals surface area contributed by atoms with Gasteiger partial charge in [0, 0.05) is 30.2 Å². The van der Waals surface area contributed by atoms with E-state index in [-0.39, 0.29) is 31.2 Å². The Morgan fingerprint density at radius 1 is 1.46 bits per heavy atom. The molecule has 9 nitrogen and oxygen atoms in total. The number of ether oxygens (including phenoxy) is 1. The molecular weight excluding hydrogens is 374 g/mol. The van der Waals surface area contributed by atoms with Gasteiger partial charge in [-0.25, -0.2) is 8.78 Å². The van der Waals surface area contributed by atoms with Gasteiger partial charge >= 0.3 is 0 Å². The van der Waals surface area contributed by atoms with Crippen LogP contribution in [0.4, 0.5) is 20.2 Å². The van der Waals surface area contributed by atoms with E-state index in [9.17, 15) is 18.4 Å². The number of nitrogens with zero attached hydrogens (tertiary/aromatic N) is 6. The van der Waals surface area contributed by atoms with Gasteiger partial charge in [-0.15, -0.1) is 0 Å². The van der Waals surface area contributed by atoms with Crippen molar-refractivity contribution < 1.29 is 23.1 Å². The van der Waals surface area contributed by atoms with Gasteiger partial charge in [0.25, 0.3) is 0 Å². The lowest BCUT2D eigenvalue weighted by Gasteiger charge is -2.36. The second-order valence-electron chi connectivity index (χ2n) is 6.69. The maximum absolute atomic E-state index is 14.8. The van der Waals surface area contributed by atoms with Crippen LogP contribution in [0.3, 0.4) is 0 Å². The predicted molar refractivity (Wildman–Crippen MR) is 97.0 cm³/mol. The first-order valence-electron chi connectivity index (χ1n) is 8.76. The number of benzene rings is 1. The lowest BCUT2D eigenvalue weighted by atomic mass is 10.1. The summed E-state index contributed by atoms with van der Waals surface area (Å²) in [6.07, 6.45) is -0.307. The van der Waals surface area contributed by atoms with Crippen molar-refractivity contribution in [2.24, 2.45) is 5.11 Å². The van der Waals surface area contributed by atoms with Crippen molar-refractivity contribution in [1.29, 1.82) is 0 Å². The summed E-state index contributed by atoms with van der Waals surface area (Å²) >= 11 is 0. The fourth-order valence-electron chi connectivity index (χ4n) is 3.46. The first-order chi connectivity index (χ1) is 13.4. The molecule has 3 rings (SSSR count). The molecule has 0 aliphatic carbocycles. The maximum atomic E-state index is 14.8. The van der Waals surface area contributed by atoms with Crippen LogP contribution in [0.5, 0.6) is 0 Å². The van der Waals surface area contributed by atoms with Crippen LogP contribution in [0.1, 0.15) is 6.92 Å². The highest BCUT2D eigenvalue weighted by molar-refractivity contribution is 5.83. The highest BCUT2D eigenvalue weighted by Crippen LogP contribution is 2.34. The first kappa shape index (κ1) is 19.8. The fraction of sp³-hybridized carbons (Fsp3) is 0.529. The van der Waals surface area contributed by atoms with Crippen molar-refractivity contribution >= 4 is 23.6 Å². The second-order valence-corrected chi connectivity index (χ2v) is 6.69. The van der Waals surface area contributed by atoms with Crippen LogP contribution in [0.15, 0.2) is 23.3 Å². The average molecular weight is 394 g/mol. The van der Waals surface area contributed by atoms with Crippen molar-refractivity contribution in [1.82, 2.24) is 4.90 Å². The van der Waals surface area contributed by atoms with Gasteiger partial charge in [0.1, 0.15) is 12.5 Å². The van der Waals surface area contributed by atoms with E-state index in [2.05, 4.69) is 10.0 Å². The summed E-state index contributed by atoms with van der Waals surface area (Å²) in [6, 6.07) is 4.38. The molecule has 2 aliphatic rings. The van der Waals surface area contributed by atoms with E-state index in [0.29, 0.717) is 25.1 Å². The van der Waals surface area contributed by atoms with Crippen molar-refractivity contribution in [3.05, 3.63) is 34.5 Å². The Hall–Kier alpha value is -2.91. The summed E-state index contributed by atoms with van der Waals surface area (Å²) in [4.78, 5) is 30.8. The summed E-state index contributed by atoms with van der Waals surface area (Å²) in [7, 11) is 0. The van der Waals surface area contributed by atoms with Gasteiger partial charge in [-0.1, -0.05) is 5.11 Å². The Bertz CT molecular complexity index is 818. The summed E-state index contributed by atoms with van der Waals surface area (Å²) in [5, 5.41) is 3.47. The zero-order valence-electron chi connectivity index (χ0n) is 15.3. The van der Waals surface area contributed by atoms with Crippen LogP contribution in [0.25, 0.3) is 10.4 Å². The number of azide groups is 1. The summed E-state index contributed by atoms with van der Waals surface area (Å²) < 4.78 is 32.7. The molecule has 1 aromatic carbocycles. The third kappa shape index (κ3) is 3.71. The van der Waals surface area contributed by atoms with E-state index in [1.807, 2.05) is 0 Å². The third-order valence-electron chi connectivity index (χ3n) is 4.91. The topological polar surface area (TPSA) is 102 Å². The highest BCUT2D eigenvalue weighted by atomic mass is 19.1. The molecule has 0 bridgehead atoms. The largest absolute Gasteiger partial charge is 0.358 e. The molecule has 0 saturated carbocycles. The summed E-state index contributed by atoms with van der Waals surface area (Å²) in [5.41, 5.74) is 7.82. The summed E-state index contributed by atoms with van der Waals surface area (Å²) in [5.74, 6) is -0.823. The van der Waals surface area contributed by atoms with Crippen molar-refractivity contribution in [2.45, 2.75) is 18.9 Å². The number of carbonyl (C=O) groups is 2. The molecule has 2 saturated heterocycles. The number of carbonyl (C=O) groups excluding carboxylic acids is 2. The molecule has 0 spiro atoms. The maximum Gasteiger partial charge on any atom is 0.242 e. The van der Waals surface area contributed by atoms with Crippen LogP contribution in [0.2, 0.25) is 0 Å². The smallest absolute Gasteiger partial charge is 0.242 e. The monoisotopic (exact) mass is 394 g/mol. The van der Waals surface area contributed by atoms with Gasteiger partial charge in [-0.05, 0) is 30.7 Å².